The highest BCUT2D eigenvalue weighted by Gasteiger charge is 2.09. The highest BCUT2D eigenvalue weighted by Crippen LogP contribution is 2.19. The van der Waals surface area contributed by atoms with Crippen molar-refractivity contribution in [1.82, 2.24) is 10.2 Å². The maximum absolute atomic E-state index is 12.3. The van der Waals surface area contributed by atoms with E-state index in [9.17, 15) is 4.79 Å². The lowest BCUT2D eigenvalue weighted by Crippen LogP contribution is -2.14. The number of methoxy groups -OCH3 is 1. The van der Waals surface area contributed by atoms with Crippen LogP contribution in [0.15, 0.2) is 60.7 Å². The van der Waals surface area contributed by atoms with Gasteiger partial charge in [0, 0.05) is 11.4 Å². The van der Waals surface area contributed by atoms with Crippen LogP contribution < -0.4 is 15.4 Å². The summed E-state index contributed by atoms with van der Waals surface area (Å²) >= 11 is 0. The van der Waals surface area contributed by atoms with Gasteiger partial charge < -0.3 is 15.4 Å². The van der Waals surface area contributed by atoms with Crippen LogP contribution in [0, 0.1) is 0 Å². The first-order valence-electron chi connectivity index (χ1n) is 8.71. The second-order valence-corrected chi connectivity index (χ2v) is 6.39. The Morgan fingerprint density at radius 3 is 2.11 bits per heavy atom. The van der Waals surface area contributed by atoms with E-state index in [4.69, 9.17) is 4.74 Å². The number of amides is 1. The fourth-order valence-corrected chi connectivity index (χ4v) is 2.49. The number of carbonyl (C=O) groups excluding carboxylic acids is 1. The van der Waals surface area contributed by atoms with Crippen molar-refractivity contribution in [3.63, 3.8) is 0 Å². The summed E-state index contributed by atoms with van der Waals surface area (Å²) in [6.45, 7) is 4.26. The molecular weight excluding hydrogens is 340 g/mol. The Morgan fingerprint density at radius 2 is 1.56 bits per heavy atom. The molecule has 2 aromatic carbocycles. The lowest BCUT2D eigenvalue weighted by atomic mass is 10.0. The summed E-state index contributed by atoms with van der Waals surface area (Å²) in [4.78, 5) is 12.3. The smallest absolute Gasteiger partial charge is 0.276 e. The molecule has 0 radical (unpaired) electrons. The lowest BCUT2D eigenvalue weighted by molar-refractivity contribution is 0.102. The van der Waals surface area contributed by atoms with Crippen molar-refractivity contribution in [3.05, 3.63) is 71.9 Å². The molecule has 27 heavy (non-hydrogen) atoms. The lowest BCUT2D eigenvalue weighted by Gasteiger charge is -2.09. The first-order chi connectivity index (χ1) is 13.0. The summed E-state index contributed by atoms with van der Waals surface area (Å²) in [5.74, 6) is 1.49. The van der Waals surface area contributed by atoms with Crippen LogP contribution in [0.2, 0.25) is 0 Å². The average Bonchev–Trinajstić information content (AvgIpc) is 2.69. The molecule has 138 valence electrons. The third kappa shape index (κ3) is 4.82. The largest absolute Gasteiger partial charge is 0.497 e. The van der Waals surface area contributed by atoms with Gasteiger partial charge in [-0.2, -0.15) is 0 Å². The van der Waals surface area contributed by atoms with E-state index in [-0.39, 0.29) is 11.6 Å². The summed E-state index contributed by atoms with van der Waals surface area (Å²) in [6, 6.07) is 18.6. The highest BCUT2D eigenvalue weighted by atomic mass is 16.5. The summed E-state index contributed by atoms with van der Waals surface area (Å²) in [7, 11) is 1.62. The van der Waals surface area contributed by atoms with Crippen molar-refractivity contribution in [2.45, 2.75) is 19.8 Å². The van der Waals surface area contributed by atoms with E-state index in [2.05, 4.69) is 34.7 Å². The Balaban J connectivity index is 1.62. The Kier molecular flexibility index (Phi) is 5.66. The van der Waals surface area contributed by atoms with Gasteiger partial charge >= 0.3 is 0 Å². The van der Waals surface area contributed by atoms with Gasteiger partial charge in [0.2, 0.25) is 0 Å². The molecule has 1 heterocycles. The SMILES string of the molecule is COc1ccc(Nc2ccc(C(=O)Nc3ccc(C(C)C)cc3)nn2)cc1. The quantitative estimate of drug-likeness (QED) is 0.670. The van der Waals surface area contributed by atoms with Crippen LogP contribution in [0.5, 0.6) is 5.75 Å². The zero-order valence-electron chi connectivity index (χ0n) is 15.6. The molecular formula is C21H22N4O2. The van der Waals surface area contributed by atoms with E-state index in [1.165, 1.54) is 5.56 Å². The van der Waals surface area contributed by atoms with Gasteiger partial charge in [-0.15, -0.1) is 10.2 Å². The Bertz CT molecular complexity index is 889. The summed E-state index contributed by atoms with van der Waals surface area (Å²) in [5.41, 5.74) is 3.06. The van der Waals surface area contributed by atoms with Crippen LogP contribution in [0.1, 0.15) is 35.8 Å². The molecule has 1 amide bonds. The molecule has 0 saturated carbocycles. The van der Waals surface area contributed by atoms with Crippen molar-refractivity contribution >= 4 is 23.1 Å². The van der Waals surface area contributed by atoms with Gasteiger partial charge in [-0.1, -0.05) is 26.0 Å². The third-order valence-electron chi connectivity index (χ3n) is 4.09. The van der Waals surface area contributed by atoms with Crippen LogP contribution in [-0.4, -0.2) is 23.2 Å². The number of carbonyl (C=O) groups is 1. The van der Waals surface area contributed by atoms with E-state index in [0.29, 0.717) is 11.7 Å². The standard InChI is InChI=1S/C21H22N4O2/c1-14(2)15-4-6-17(7-5-15)23-21(26)19-12-13-20(25-24-19)22-16-8-10-18(27-3)11-9-16/h4-14H,1-3H3,(H,22,25)(H,23,26). The molecule has 0 aliphatic rings. The number of anilines is 3. The molecule has 0 spiro atoms. The fraction of sp³-hybridized carbons (Fsp3) is 0.190. The van der Waals surface area contributed by atoms with Crippen molar-refractivity contribution in [1.29, 1.82) is 0 Å². The number of hydrogen-bond acceptors (Lipinski definition) is 5. The number of nitrogens with one attached hydrogen (secondary N) is 2. The minimum atomic E-state index is -0.296. The number of hydrogen-bond donors (Lipinski definition) is 2. The zero-order valence-corrected chi connectivity index (χ0v) is 15.6. The molecule has 3 aromatic rings. The molecule has 1 aromatic heterocycles. The maximum Gasteiger partial charge on any atom is 0.276 e. The van der Waals surface area contributed by atoms with E-state index >= 15 is 0 Å². The molecule has 2 N–H and O–H groups in total. The molecule has 0 atom stereocenters. The number of benzene rings is 2. The number of ether oxygens (including phenoxy) is 1. The first kappa shape index (κ1) is 18.4. The number of nitrogens with zero attached hydrogens (tertiary/aromatic N) is 2. The Hall–Kier alpha value is -3.41. The first-order valence-corrected chi connectivity index (χ1v) is 8.71. The van der Waals surface area contributed by atoms with Crippen molar-refractivity contribution < 1.29 is 9.53 Å². The van der Waals surface area contributed by atoms with Gasteiger partial charge in [0.25, 0.3) is 5.91 Å². The van der Waals surface area contributed by atoms with Crippen LogP contribution in [-0.2, 0) is 0 Å². The second-order valence-electron chi connectivity index (χ2n) is 6.39. The van der Waals surface area contributed by atoms with Gasteiger partial charge in [0.15, 0.2) is 11.5 Å². The monoisotopic (exact) mass is 362 g/mol. The van der Waals surface area contributed by atoms with Crippen molar-refractivity contribution in [2.75, 3.05) is 17.7 Å². The van der Waals surface area contributed by atoms with Crippen molar-refractivity contribution in [2.24, 2.45) is 0 Å². The van der Waals surface area contributed by atoms with E-state index < -0.39 is 0 Å². The van der Waals surface area contributed by atoms with Gasteiger partial charge in [0.1, 0.15) is 5.75 Å². The van der Waals surface area contributed by atoms with E-state index in [0.717, 1.165) is 17.1 Å². The van der Waals surface area contributed by atoms with Crippen LogP contribution in [0.25, 0.3) is 0 Å². The molecule has 0 unspecified atom stereocenters. The minimum Gasteiger partial charge on any atom is -0.497 e. The van der Waals surface area contributed by atoms with Crippen molar-refractivity contribution in [3.8, 4) is 5.75 Å². The van der Waals surface area contributed by atoms with Gasteiger partial charge in [0.05, 0.1) is 7.11 Å². The van der Waals surface area contributed by atoms with Gasteiger partial charge in [-0.05, 0) is 60.0 Å². The molecule has 0 aliphatic heterocycles. The predicted octanol–water partition coefficient (Wildman–Crippen LogP) is 4.60. The van der Waals surface area contributed by atoms with Gasteiger partial charge in [-0.25, -0.2) is 0 Å². The fourth-order valence-electron chi connectivity index (χ4n) is 2.49. The molecule has 0 aliphatic carbocycles. The van der Waals surface area contributed by atoms with E-state index in [1.807, 2.05) is 48.5 Å². The van der Waals surface area contributed by atoms with Gasteiger partial charge in [-0.3, -0.25) is 4.79 Å². The molecule has 0 saturated heterocycles. The van der Waals surface area contributed by atoms with E-state index in [1.54, 1.807) is 19.2 Å². The normalized spacial score (nSPS) is 10.5. The summed E-state index contributed by atoms with van der Waals surface area (Å²) in [6.07, 6.45) is 0. The highest BCUT2D eigenvalue weighted by molar-refractivity contribution is 6.02. The number of rotatable bonds is 6. The third-order valence-corrected chi connectivity index (χ3v) is 4.09. The Labute approximate surface area is 158 Å². The molecule has 3 rings (SSSR count). The predicted molar refractivity (Wildman–Crippen MR) is 107 cm³/mol. The van der Waals surface area contributed by atoms with Crippen LogP contribution in [0.4, 0.5) is 17.2 Å². The second kappa shape index (κ2) is 8.31. The minimum absolute atomic E-state index is 0.253. The maximum atomic E-state index is 12.3. The van der Waals surface area contributed by atoms with Crippen LogP contribution in [0.3, 0.4) is 0 Å². The summed E-state index contributed by atoms with van der Waals surface area (Å²) in [5, 5.41) is 14.0. The number of aromatic nitrogens is 2. The topological polar surface area (TPSA) is 76.1 Å². The molecule has 0 bridgehead atoms. The zero-order chi connectivity index (χ0) is 19.2. The average molecular weight is 362 g/mol. The Morgan fingerprint density at radius 1 is 0.889 bits per heavy atom. The summed E-state index contributed by atoms with van der Waals surface area (Å²) < 4.78 is 5.13. The van der Waals surface area contributed by atoms with Crippen LogP contribution >= 0.6 is 0 Å². The molecule has 0 fully saturated rings. The molecule has 6 heteroatoms. The molecule has 6 nitrogen and oxygen atoms in total.